The zero-order valence-electron chi connectivity index (χ0n) is 17.4. The molecule has 1 aliphatic heterocycles. The van der Waals surface area contributed by atoms with E-state index in [1.165, 1.54) is 22.0 Å². The fourth-order valence-corrected chi connectivity index (χ4v) is 6.17. The Hall–Kier alpha value is -2.73. The Labute approximate surface area is 187 Å². The molecule has 4 rings (SSSR count). The Bertz CT molecular complexity index is 1190. The number of aryl methyl sites for hydroxylation is 1. The van der Waals surface area contributed by atoms with Gasteiger partial charge in [-0.3, -0.25) is 0 Å². The number of nitriles is 1. The van der Waals surface area contributed by atoms with E-state index in [2.05, 4.69) is 41.5 Å². The number of hydrogen-bond acceptors (Lipinski definition) is 6. The van der Waals surface area contributed by atoms with E-state index in [1.54, 1.807) is 23.5 Å². The summed E-state index contributed by atoms with van der Waals surface area (Å²) >= 11 is 1.58. The normalized spacial score (nSPS) is 15.0. The Morgan fingerprint density at radius 3 is 2.45 bits per heavy atom. The third-order valence-corrected chi connectivity index (χ3v) is 8.27. The van der Waals surface area contributed by atoms with E-state index in [9.17, 15) is 13.7 Å². The smallest absolute Gasteiger partial charge is 0.244 e. The van der Waals surface area contributed by atoms with Crippen molar-refractivity contribution in [1.29, 1.82) is 5.26 Å². The summed E-state index contributed by atoms with van der Waals surface area (Å²) in [5, 5.41) is 12.2. The minimum atomic E-state index is -3.69. The largest absolute Gasteiger partial charge is 0.345 e. The highest BCUT2D eigenvalue weighted by Gasteiger charge is 2.31. The summed E-state index contributed by atoms with van der Waals surface area (Å²) in [6, 6.07) is 16.9. The number of hydrogen-bond donors (Lipinski definition) is 0. The van der Waals surface area contributed by atoms with Gasteiger partial charge < -0.3 is 4.90 Å². The predicted molar refractivity (Wildman–Crippen MR) is 124 cm³/mol. The standard InChI is InChI=1S/C23H24N4O2S2/c1-2-5-18-8-10-19(11-9-18)21-17-30-23(25-21)26-12-14-27(15-13-26)31(28,29)22-7-4-3-6-20(22)16-24/h3-4,6-11,17H,2,5,12-15H2,1H3. The average Bonchev–Trinajstić information content (AvgIpc) is 3.30. The minimum Gasteiger partial charge on any atom is -0.345 e. The van der Waals surface area contributed by atoms with Crippen LogP contribution in [0, 0.1) is 11.3 Å². The van der Waals surface area contributed by atoms with Gasteiger partial charge in [-0.25, -0.2) is 13.4 Å². The first kappa shape index (κ1) is 21.5. The molecule has 1 fully saturated rings. The zero-order chi connectivity index (χ0) is 21.8. The van der Waals surface area contributed by atoms with Crippen molar-refractivity contribution in [3.05, 3.63) is 65.0 Å². The van der Waals surface area contributed by atoms with E-state index in [-0.39, 0.29) is 10.5 Å². The molecule has 0 aliphatic carbocycles. The molecule has 6 nitrogen and oxygen atoms in total. The van der Waals surface area contributed by atoms with Crippen LogP contribution in [0.25, 0.3) is 11.3 Å². The number of piperazine rings is 1. The lowest BCUT2D eigenvalue weighted by Gasteiger charge is -2.33. The SMILES string of the molecule is CCCc1ccc(-c2csc(N3CCN(S(=O)(=O)c4ccccc4C#N)CC3)n2)cc1. The van der Waals surface area contributed by atoms with Crippen LogP contribution in [0.4, 0.5) is 5.13 Å². The molecule has 0 unspecified atom stereocenters. The van der Waals surface area contributed by atoms with Crippen LogP contribution in [0.2, 0.25) is 0 Å². The molecule has 31 heavy (non-hydrogen) atoms. The van der Waals surface area contributed by atoms with E-state index >= 15 is 0 Å². The Morgan fingerprint density at radius 1 is 1.06 bits per heavy atom. The van der Waals surface area contributed by atoms with Gasteiger partial charge in [0, 0.05) is 37.1 Å². The van der Waals surface area contributed by atoms with Crippen LogP contribution in [-0.2, 0) is 16.4 Å². The van der Waals surface area contributed by atoms with E-state index in [0.29, 0.717) is 26.2 Å². The summed E-state index contributed by atoms with van der Waals surface area (Å²) in [6.07, 6.45) is 2.21. The molecule has 0 atom stereocenters. The van der Waals surface area contributed by atoms with Crippen molar-refractivity contribution in [1.82, 2.24) is 9.29 Å². The maximum absolute atomic E-state index is 13.0. The van der Waals surface area contributed by atoms with Crippen LogP contribution in [-0.4, -0.2) is 43.9 Å². The lowest BCUT2D eigenvalue weighted by atomic mass is 10.1. The maximum Gasteiger partial charge on any atom is 0.244 e. The van der Waals surface area contributed by atoms with E-state index in [1.807, 2.05) is 6.07 Å². The first-order chi connectivity index (χ1) is 15.0. The van der Waals surface area contributed by atoms with Crippen LogP contribution < -0.4 is 4.90 Å². The van der Waals surface area contributed by atoms with Crippen molar-refractivity contribution in [3.63, 3.8) is 0 Å². The van der Waals surface area contributed by atoms with Crippen LogP contribution in [0.5, 0.6) is 0 Å². The quantitative estimate of drug-likeness (QED) is 0.562. The first-order valence-corrected chi connectivity index (χ1v) is 12.6. The molecule has 160 valence electrons. The van der Waals surface area contributed by atoms with Crippen molar-refractivity contribution in [2.24, 2.45) is 0 Å². The summed E-state index contributed by atoms with van der Waals surface area (Å²) in [6.45, 7) is 4.03. The van der Waals surface area contributed by atoms with Crippen LogP contribution >= 0.6 is 11.3 Å². The molecular weight excluding hydrogens is 428 g/mol. The third-order valence-electron chi connectivity index (χ3n) is 5.41. The zero-order valence-corrected chi connectivity index (χ0v) is 19.0. The van der Waals surface area contributed by atoms with Crippen molar-refractivity contribution in [2.75, 3.05) is 31.1 Å². The van der Waals surface area contributed by atoms with Crippen molar-refractivity contribution < 1.29 is 8.42 Å². The monoisotopic (exact) mass is 452 g/mol. The molecule has 1 aliphatic rings. The topological polar surface area (TPSA) is 77.3 Å². The fourth-order valence-electron chi connectivity index (χ4n) is 3.72. The van der Waals surface area contributed by atoms with Gasteiger partial charge in [-0.1, -0.05) is 49.7 Å². The summed E-state index contributed by atoms with van der Waals surface area (Å²) in [5.74, 6) is 0. The molecule has 3 aromatic rings. The highest BCUT2D eigenvalue weighted by molar-refractivity contribution is 7.89. The predicted octanol–water partition coefficient (Wildman–Crippen LogP) is 4.15. The molecule has 0 amide bonds. The summed E-state index contributed by atoms with van der Waals surface area (Å²) < 4.78 is 27.5. The maximum atomic E-state index is 13.0. The van der Waals surface area contributed by atoms with E-state index < -0.39 is 10.0 Å². The number of anilines is 1. The average molecular weight is 453 g/mol. The Balaban J connectivity index is 1.44. The Morgan fingerprint density at radius 2 is 1.77 bits per heavy atom. The van der Waals surface area contributed by atoms with Gasteiger partial charge in [0.15, 0.2) is 5.13 Å². The lowest BCUT2D eigenvalue weighted by Crippen LogP contribution is -2.48. The van der Waals surface area contributed by atoms with Crippen molar-refractivity contribution in [2.45, 2.75) is 24.7 Å². The second-order valence-electron chi connectivity index (χ2n) is 7.46. The van der Waals surface area contributed by atoms with Gasteiger partial charge in [0.25, 0.3) is 0 Å². The molecule has 0 N–H and O–H groups in total. The highest BCUT2D eigenvalue weighted by Crippen LogP contribution is 2.29. The Kier molecular flexibility index (Phi) is 6.37. The van der Waals surface area contributed by atoms with Gasteiger partial charge in [-0.15, -0.1) is 11.3 Å². The molecule has 1 saturated heterocycles. The minimum absolute atomic E-state index is 0.0778. The van der Waals surface area contributed by atoms with E-state index in [0.717, 1.165) is 29.2 Å². The third kappa shape index (κ3) is 4.49. The molecule has 0 saturated carbocycles. The first-order valence-electron chi connectivity index (χ1n) is 10.3. The van der Waals surface area contributed by atoms with Crippen LogP contribution in [0.15, 0.2) is 58.8 Å². The van der Waals surface area contributed by atoms with Gasteiger partial charge in [0.2, 0.25) is 10.0 Å². The van der Waals surface area contributed by atoms with Crippen LogP contribution in [0.1, 0.15) is 24.5 Å². The number of nitrogens with zero attached hydrogens (tertiary/aromatic N) is 4. The number of thiazole rings is 1. The molecule has 2 aromatic carbocycles. The number of rotatable bonds is 6. The molecule has 0 radical (unpaired) electrons. The van der Waals surface area contributed by atoms with Crippen molar-refractivity contribution >= 4 is 26.5 Å². The van der Waals surface area contributed by atoms with Gasteiger partial charge in [0.05, 0.1) is 16.2 Å². The number of aromatic nitrogens is 1. The van der Waals surface area contributed by atoms with Gasteiger partial charge in [-0.05, 0) is 24.1 Å². The van der Waals surface area contributed by atoms with Gasteiger partial charge in [-0.2, -0.15) is 9.57 Å². The molecule has 1 aromatic heterocycles. The van der Waals surface area contributed by atoms with Gasteiger partial charge in [0.1, 0.15) is 6.07 Å². The lowest BCUT2D eigenvalue weighted by molar-refractivity contribution is 0.384. The molecule has 0 spiro atoms. The molecule has 0 bridgehead atoms. The summed E-state index contributed by atoms with van der Waals surface area (Å²) in [4.78, 5) is 6.99. The second kappa shape index (κ2) is 9.18. The highest BCUT2D eigenvalue weighted by atomic mass is 32.2. The number of sulfonamides is 1. The fraction of sp³-hybridized carbons (Fsp3) is 0.304. The van der Waals surface area contributed by atoms with Crippen LogP contribution in [0.3, 0.4) is 0 Å². The molecule has 2 heterocycles. The second-order valence-corrected chi connectivity index (χ2v) is 10.2. The molecule has 8 heteroatoms. The molecular formula is C23H24N4O2S2. The summed E-state index contributed by atoms with van der Waals surface area (Å²) in [5.41, 5.74) is 3.55. The number of benzene rings is 2. The van der Waals surface area contributed by atoms with Crippen molar-refractivity contribution in [3.8, 4) is 17.3 Å². The van der Waals surface area contributed by atoms with E-state index in [4.69, 9.17) is 4.98 Å². The summed E-state index contributed by atoms with van der Waals surface area (Å²) in [7, 11) is -3.69. The van der Waals surface area contributed by atoms with Gasteiger partial charge >= 0.3 is 0 Å².